The van der Waals surface area contributed by atoms with Crippen LogP contribution in [0.1, 0.15) is 0 Å². The largest absolute Gasteiger partial charge is 0.453 e. The second-order valence-corrected chi connectivity index (χ2v) is 5.16. The predicted octanol–water partition coefficient (Wildman–Crippen LogP) is 1.99. The smallest absolute Gasteiger partial charge is 0.415 e. The molecule has 0 aliphatic carbocycles. The summed E-state index contributed by atoms with van der Waals surface area (Å²) in [6, 6.07) is -0.478. The number of ether oxygens (including phenoxy) is 1. The Labute approximate surface area is 131 Å². The first-order chi connectivity index (χ1) is 10.0. The molecule has 3 amide bonds. The van der Waals surface area contributed by atoms with Crippen LogP contribution >= 0.6 is 23.2 Å². The van der Waals surface area contributed by atoms with Crippen LogP contribution in [0.3, 0.4) is 0 Å². The number of anilines is 1. The van der Waals surface area contributed by atoms with Crippen LogP contribution in [0.15, 0.2) is 12.4 Å². The van der Waals surface area contributed by atoms with Crippen molar-refractivity contribution in [2.24, 2.45) is 0 Å². The Morgan fingerprint density at radius 1 is 1.19 bits per heavy atom. The zero-order valence-corrected chi connectivity index (χ0v) is 12.8. The normalized spacial score (nSPS) is 14.8. The number of pyridine rings is 1. The fraction of sp³-hybridized carbons (Fsp3) is 0.417. The van der Waals surface area contributed by atoms with Gasteiger partial charge in [0.05, 0.1) is 22.8 Å². The summed E-state index contributed by atoms with van der Waals surface area (Å²) >= 11 is 12.2. The molecule has 0 atom stereocenters. The van der Waals surface area contributed by atoms with Gasteiger partial charge in [-0.1, -0.05) is 23.2 Å². The molecular weight excluding hydrogens is 319 g/mol. The Balaban J connectivity index is 1.97. The number of nitrogens with one attached hydrogen (secondary N) is 1. The van der Waals surface area contributed by atoms with Crippen molar-refractivity contribution < 1.29 is 14.3 Å². The predicted molar refractivity (Wildman–Crippen MR) is 79.0 cm³/mol. The number of urea groups is 1. The van der Waals surface area contributed by atoms with E-state index in [9.17, 15) is 9.59 Å². The monoisotopic (exact) mass is 332 g/mol. The molecule has 1 aromatic rings. The third kappa shape index (κ3) is 3.68. The van der Waals surface area contributed by atoms with E-state index in [-0.39, 0.29) is 0 Å². The van der Waals surface area contributed by atoms with E-state index in [4.69, 9.17) is 23.2 Å². The van der Waals surface area contributed by atoms with Crippen molar-refractivity contribution in [3.05, 3.63) is 22.4 Å². The molecule has 0 radical (unpaired) electrons. The highest BCUT2D eigenvalue weighted by Crippen LogP contribution is 2.32. The second-order valence-electron chi connectivity index (χ2n) is 4.35. The molecule has 0 aromatic carbocycles. The molecule has 1 saturated heterocycles. The summed E-state index contributed by atoms with van der Waals surface area (Å²) in [6.07, 6.45) is 2.28. The summed E-state index contributed by atoms with van der Waals surface area (Å²) in [6.45, 7) is 1.99. The van der Waals surface area contributed by atoms with Gasteiger partial charge in [0, 0.05) is 38.6 Å². The molecule has 2 rings (SSSR count). The van der Waals surface area contributed by atoms with Gasteiger partial charge in [-0.25, -0.2) is 14.9 Å². The molecular formula is C12H14Cl2N4O3. The van der Waals surface area contributed by atoms with Crippen LogP contribution in [-0.4, -0.2) is 55.3 Å². The number of carbonyl (C=O) groups excluding carboxylic acids is 2. The van der Waals surface area contributed by atoms with Gasteiger partial charge in [0.1, 0.15) is 0 Å². The highest BCUT2D eigenvalue weighted by Gasteiger charge is 2.24. The lowest BCUT2D eigenvalue weighted by atomic mass is 10.2. The summed E-state index contributed by atoms with van der Waals surface area (Å²) < 4.78 is 4.38. The molecule has 7 nitrogen and oxygen atoms in total. The van der Waals surface area contributed by atoms with E-state index in [1.165, 1.54) is 24.4 Å². The first-order valence-corrected chi connectivity index (χ1v) is 6.96. The maximum absolute atomic E-state index is 11.8. The number of carbonyl (C=O) groups is 2. The van der Waals surface area contributed by atoms with E-state index in [0.717, 1.165) is 0 Å². The Morgan fingerprint density at radius 3 is 2.29 bits per heavy atom. The number of halogens is 2. The quantitative estimate of drug-likeness (QED) is 0.851. The van der Waals surface area contributed by atoms with Crippen molar-refractivity contribution in [3.8, 4) is 0 Å². The standard InChI is InChI=1S/C12H14Cl2N4O3/c1-21-12(20)16-11(19)18-4-2-17(3-5-18)10-8(13)6-15-7-9(10)14/h6-7H,2-5H2,1H3,(H,16,19,20). The van der Waals surface area contributed by atoms with Crippen molar-refractivity contribution in [3.63, 3.8) is 0 Å². The first-order valence-electron chi connectivity index (χ1n) is 6.20. The molecule has 1 aliphatic rings. The maximum Gasteiger partial charge on any atom is 0.415 e. The number of piperazine rings is 1. The lowest BCUT2D eigenvalue weighted by Crippen LogP contribution is -2.53. The van der Waals surface area contributed by atoms with Gasteiger partial charge >= 0.3 is 12.1 Å². The minimum absolute atomic E-state index is 0.442. The van der Waals surface area contributed by atoms with Gasteiger partial charge in [-0.3, -0.25) is 4.98 Å². The van der Waals surface area contributed by atoms with Crippen LogP contribution in [0.4, 0.5) is 15.3 Å². The number of rotatable bonds is 1. The second kappa shape index (κ2) is 6.82. The molecule has 1 N–H and O–H groups in total. The van der Waals surface area contributed by atoms with Gasteiger partial charge in [0.25, 0.3) is 0 Å². The lowest BCUT2D eigenvalue weighted by Gasteiger charge is -2.36. The molecule has 9 heteroatoms. The lowest BCUT2D eigenvalue weighted by molar-refractivity contribution is 0.160. The molecule has 0 unspecified atom stereocenters. The Hall–Kier alpha value is -1.73. The van der Waals surface area contributed by atoms with Crippen molar-refractivity contribution in [1.82, 2.24) is 15.2 Å². The fourth-order valence-corrected chi connectivity index (χ4v) is 2.66. The van der Waals surface area contributed by atoms with Crippen molar-refractivity contribution >= 4 is 41.0 Å². The minimum atomic E-state index is -0.775. The van der Waals surface area contributed by atoms with Crippen LogP contribution in [0.25, 0.3) is 0 Å². The van der Waals surface area contributed by atoms with Gasteiger partial charge in [0.15, 0.2) is 0 Å². The summed E-state index contributed by atoms with van der Waals surface area (Å²) in [5, 5.41) is 3.06. The van der Waals surface area contributed by atoms with E-state index in [0.29, 0.717) is 41.9 Å². The molecule has 0 spiro atoms. The topological polar surface area (TPSA) is 74.8 Å². The fourth-order valence-electron chi connectivity index (χ4n) is 2.06. The SMILES string of the molecule is COC(=O)NC(=O)N1CCN(c2c(Cl)cncc2Cl)CC1. The Morgan fingerprint density at radius 2 is 1.76 bits per heavy atom. The van der Waals surface area contributed by atoms with E-state index in [1.54, 1.807) is 0 Å². The number of imide groups is 1. The summed E-state index contributed by atoms with van der Waals surface area (Å²) in [5.74, 6) is 0. The number of hydrogen-bond acceptors (Lipinski definition) is 5. The van der Waals surface area contributed by atoms with Crippen LogP contribution in [0.2, 0.25) is 10.0 Å². The average molecular weight is 333 g/mol. The summed E-state index contributed by atoms with van der Waals surface area (Å²) in [7, 11) is 1.20. The van der Waals surface area contributed by atoms with Crippen LogP contribution in [0.5, 0.6) is 0 Å². The van der Waals surface area contributed by atoms with E-state index < -0.39 is 12.1 Å². The van der Waals surface area contributed by atoms with Crippen molar-refractivity contribution in [2.75, 3.05) is 38.2 Å². The highest BCUT2D eigenvalue weighted by atomic mass is 35.5. The van der Waals surface area contributed by atoms with Gasteiger partial charge < -0.3 is 14.5 Å². The Bertz CT molecular complexity index is 527. The zero-order chi connectivity index (χ0) is 15.4. The van der Waals surface area contributed by atoms with Gasteiger partial charge in [-0.2, -0.15) is 0 Å². The maximum atomic E-state index is 11.8. The molecule has 21 heavy (non-hydrogen) atoms. The van der Waals surface area contributed by atoms with Crippen molar-refractivity contribution in [2.45, 2.75) is 0 Å². The van der Waals surface area contributed by atoms with Crippen LogP contribution in [-0.2, 0) is 4.74 Å². The molecule has 1 aliphatic heterocycles. The van der Waals surface area contributed by atoms with Crippen LogP contribution < -0.4 is 10.2 Å². The number of alkyl carbamates (subject to hydrolysis) is 1. The number of hydrogen-bond donors (Lipinski definition) is 1. The highest BCUT2D eigenvalue weighted by molar-refractivity contribution is 6.38. The van der Waals surface area contributed by atoms with E-state index in [2.05, 4.69) is 15.0 Å². The van der Waals surface area contributed by atoms with E-state index >= 15 is 0 Å². The van der Waals surface area contributed by atoms with Gasteiger partial charge in [-0.15, -0.1) is 0 Å². The summed E-state index contributed by atoms with van der Waals surface area (Å²) in [4.78, 5) is 30.2. The Kier molecular flexibility index (Phi) is 5.08. The van der Waals surface area contributed by atoms with E-state index in [1.807, 2.05) is 4.90 Å². The zero-order valence-electron chi connectivity index (χ0n) is 11.3. The third-order valence-corrected chi connectivity index (χ3v) is 3.66. The number of amides is 3. The van der Waals surface area contributed by atoms with Gasteiger partial charge in [0.2, 0.25) is 0 Å². The minimum Gasteiger partial charge on any atom is -0.453 e. The molecule has 1 aromatic heterocycles. The number of methoxy groups -OCH3 is 1. The molecule has 2 heterocycles. The number of nitrogens with zero attached hydrogens (tertiary/aromatic N) is 3. The molecule has 114 valence electrons. The third-order valence-electron chi connectivity index (χ3n) is 3.11. The molecule has 0 bridgehead atoms. The average Bonchev–Trinajstić information content (AvgIpc) is 2.47. The molecule has 0 saturated carbocycles. The van der Waals surface area contributed by atoms with Crippen molar-refractivity contribution in [1.29, 1.82) is 0 Å². The molecule has 1 fully saturated rings. The van der Waals surface area contributed by atoms with Gasteiger partial charge in [-0.05, 0) is 0 Å². The first kappa shape index (κ1) is 15.7. The van der Waals surface area contributed by atoms with Crippen LogP contribution in [0, 0.1) is 0 Å². The summed E-state index contributed by atoms with van der Waals surface area (Å²) in [5.41, 5.74) is 0.710. The number of aromatic nitrogens is 1.